The standard InChI is InChI=1S/5O.Ti.2Y/q5*-2;+4;2*+3. The quantitative estimate of drug-likeness (QED) is 0.527. The van der Waals surface area contributed by atoms with Gasteiger partial charge in [-0.1, -0.05) is 0 Å². The first kappa shape index (κ1) is 137. The topological polar surface area (TPSA) is 142 Å². The summed E-state index contributed by atoms with van der Waals surface area (Å²) in [6.45, 7) is 0. The molecule has 0 heterocycles. The van der Waals surface area contributed by atoms with E-state index >= 15 is 0 Å². The fourth-order valence-corrected chi connectivity index (χ4v) is 0. The van der Waals surface area contributed by atoms with Crippen LogP contribution in [0.15, 0.2) is 0 Å². The van der Waals surface area contributed by atoms with Crippen LogP contribution in [0.2, 0.25) is 0 Å². The summed E-state index contributed by atoms with van der Waals surface area (Å²) in [6, 6.07) is 0. The summed E-state index contributed by atoms with van der Waals surface area (Å²) < 4.78 is 0. The second-order valence-electron chi connectivity index (χ2n) is 0. The molecule has 0 rings (SSSR count). The van der Waals surface area contributed by atoms with Gasteiger partial charge in [-0.25, -0.2) is 0 Å². The first-order valence-corrected chi connectivity index (χ1v) is 0. The van der Waals surface area contributed by atoms with Crippen LogP contribution in [0.1, 0.15) is 0 Å². The Bertz CT molecular complexity index is 10.4. The predicted octanol–water partition coefficient (Wildman–Crippen LogP) is -0.601. The van der Waals surface area contributed by atoms with Crippen molar-refractivity contribution in [1.29, 1.82) is 0 Å². The summed E-state index contributed by atoms with van der Waals surface area (Å²) in [4.78, 5) is 0. The van der Waals surface area contributed by atoms with Crippen LogP contribution >= 0.6 is 0 Å². The predicted molar refractivity (Wildman–Crippen MR) is 3.43 cm³/mol. The van der Waals surface area contributed by atoms with Crippen molar-refractivity contribution in [3.05, 3.63) is 0 Å². The zero-order valence-electron chi connectivity index (χ0n) is 3.70. The smallest absolute Gasteiger partial charge is 2.00 e. The minimum atomic E-state index is 0. The maximum atomic E-state index is 0. The maximum absolute atomic E-state index is 0. The van der Waals surface area contributed by atoms with Gasteiger partial charge >= 0.3 is 87.1 Å². The molecule has 0 atom stereocenters. The van der Waals surface area contributed by atoms with Crippen LogP contribution in [-0.4, -0.2) is 0 Å². The molecule has 0 aliphatic heterocycles. The molecule has 0 spiro atoms. The van der Waals surface area contributed by atoms with E-state index in [2.05, 4.69) is 0 Å². The average Bonchev–Trinajstić information content (AvgIpc) is 0. The SMILES string of the molecule is [O-2].[O-2].[O-2].[O-2].[O-2].[Ti+4].[Y+3].[Y+3]. The van der Waals surface area contributed by atoms with Crippen molar-refractivity contribution in [3.8, 4) is 0 Å². The van der Waals surface area contributed by atoms with Gasteiger partial charge in [-0.2, -0.15) is 0 Å². The molecular weight excluding hydrogens is 306 g/mol. The summed E-state index contributed by atoms with van der Waals surface area (Å²) in [6.07, 6.45) is 0. The second kappa shape index (κ2) is 99.8. The Morgan fingerprint density at radius 2 is 0.375 bits per heavy atom. The largest absolute Gasteiger partial charge is 4.00 e. The van der Waals surface area contributed by atoms with E-state index in [1.54, 1.807) is 0 Å². The molecule has 0 aromatic rings. The maximum Gasteiger partial charge on any atom is 4.00 e. The molecule has 5 nitrogen and oxygen atoms in total. The second-order valence-corrected chi connectivity index (χ2v) is 0. The van der Waals surface area contributed by atoms with E-state index in [4.69, 9.17) is 0 Å². The molecule has 0 amide bonds. The van der Waals surface area contributed by atoms with E-state index < -0.39 is 0 Å². The minimum absolute atomic E-state index is 0. The molecule has 0 saturated heterocycles. The summed E-state index contributed by atoms with van der Waals surface area (Å²) in [7, 11) is 0. The first-order chi connectivity index (χ1) is 0. The fraction of sp³-hybridized carbons (Fsp3) is 0. The van der Waals surface area contributed by atoms with Crippen molar-refractivity contribution in [2.45, 2.75) is 0 Å². The van der Waals surface area contributed by atoms with Crippen molar-refractivity contribution in [2.24, 2.45) is 0 Å². The van der Waals surface area contributed by atoms with E-state index in [0.29, 0.717) is 0 Å². The van der Waals surface area contributed by atoms with Crippen LogP contribution in [0.25, 0.3) is 0 Å². The van der Waals surface area contributed by atoms with Gasteiger partial charge in [-0.15, -0.1) is 0 Å². The van der Waals surface area contributed by atoms with Gasteiger partial charge in [0.1, 0.15) is 0 Å². The van der Waals surface area contributed by atoms with Crippen LogP contribution in [0, 0.1) is 0 Å². The molecule has 8 heavy (non-hydrogen) atoms. The van der Waals surface area contributed by atoms with Crippen molar-refractivity contribution in [1.82, 2.24) is 0 Å². The van der Waals surface area contributed by atoms with Gasteiger partial charge in [-0.05, 0) is 0 Å². The van der Waals surface area contributed by atoms with Gasteiger partial charge in [0.25, 0.3) is 0 Å². The van der Waals surface area contributed by atoms with E-state index in [1.165, 1.54) is 0 Å². The fourth-order valence-electron chi connectivity index (χ4n) is 0. The zero-order chi connectivity index (χ0) is 0. The Morgan fingerprint density at radius 1 is 0.375 bits per heavy atom. The molecule has 0 unspecified atom stereocenters. The number of rotatable bonds is 0. The molecular formula is O5TiY2. The zero-order valence-corrected chi connectivity index (χ0v) is 10.9. The third-order valence-electron chi connectivity index (χ3n) is 0. The van der Waals surface area contributed by atoms with Gasteiger partial charge in [0.05, 0.1) is 0 Å². The van der Waals surface area contributed by atoms with Crippen molar-refractivity contribution in [2.75, 3.05) is 0 Å². The monoisotopic (exact) mass is 306 g/mol. The molecule has 0 aliphatic rings. The van der Waals surface area contributed by atoms with E-state index in [1.807, 2.05) is 0 Å². The van der Waals surface area contributed by atoms with Crippen LogP contribution in [-0.2, 0) is 115 Å². The van der Waals surface area contributed by atoms with Crippen molar-refractivity contribution < 1.29 is 115 Å². The molecule has 40 valence electrons. The first-order valence-electron chi connectivity index (χ1n) is 0. The van der Waals surface area contributed by atoms with Crippen LogP contribution < -0.4 is 0 Å². The molecule has 8 heteroatoms. The summed E-state index contributed by atoms with van der Waals surface area (Å²) in [5, 5.41) is 0. The molecule has 0 aromatic carbocycles. The van der Waals surface area contributed by atoms with Crippen LogP contribution in [0.3, 0.4) is 0 Å². The average molecular weight is 306 g/mol. The Kier molecular flexibility index (Phi) is 1710. The third-order valence-corrected chi connectivity index (χ3v) is 0. The van der Waals surface area contributed by atoms with Gasteiger partial charge in [0.2, 0.25) is 0 Å². The summed E-state index contributed by atoms with van der Waals surface area (Å²) in [5.41, 5.74) is 0. The Balaban J connectivity index is 0. The minimum Gasteiger partial charge on any atom is -2.00 e. The summed E-state index contributed by atoms with van der Waals surface area (Å²) >= 11 is 0. The van der Waals surface area contributed by atoms with Gasteiger partial charge in [0, 0.05) is 0 Å². The van der Waals surface area contributed by atoms with Gasteiger partial charge in [0.15, 0.2) is 0 Å². The van der Waals surface area contributed by atoms with Crippen molar-refractivity contribution >= 4 is 0 Å². The van der Waals surface area contributed by atoms with Crippen molar-refractivity contribution in [3.63, 3.8) is 0 Å². The van der Waals surface area contributed by atoms with Crippen LogP contribution in [0.4, 0.5) is 0 Å². The summed E-state index contributed by atoms with van der Waals surface area (Å²) in [5.74, 6) is 0. The third kappa shape index (κ3) is 70.2. The number of hydrogen-bond donors (Lipinski definition) is 0. The molecule has 0 N–H and O–H groups in total. The molecule has 0 radical (unpaired) electrons. The Morgan fingerprint density at radius 3 is 0.375 bits per heavy atom. The molecule has 0 saturated carbocycles. The van der Waals surface area contributed by atoms with Crippen LogP contribution in [0.5, 0.6) is 0 Å². The molecule has 0 bridgehead atoms. The van der Waals surface area contributed by atoms with E-state index in [0.717, 1.165) is 0 Å². The molecule has 0 aromatic heterocycles. The van der Waals surface area contributed by atoms with E-state index in [9.17, 15) is 0 Å². The molecule has 0 aliphatic carbocycles. The number of hydrogen-bond acceptors (Lipinski definition) is 0. The molecule has 0 fully saturated rings. The van der Waals surface area contributed by atoms with Gasteiger partial charge < -0.3 is 27.4 Å². The Labute approximate surface area is 113 Å². The van der Waals surface area contributed by atoms with Gasteiger partial charge in [-0.3, -0.25) is 0 Å². The van der Waals surface area contributed by atoms with E-state index in [-0.39, 0.29) is 115 Å². The Hall–Kier alpha value is 2.72. The normalized spacial score (nSPS) is 0.